The fraction of sp³-hybridized carbons (Fsp3) is 0.400. The van der Waals surface area contributed by atoms with Crippen molar-refractivity contribution in [2.24, 2.45) is 0 Å². The predicted octanol–water partition coefficient (Wildman–Crippen LogP) is 1.76. The zero-order chi connectivity index (χ0) is 14.4. The molecule has 0 radical (unpaired) electrons. The first-order valence-corrected chi connectivity index (χ1v) is 7.18. The Labute approximate surface area is 125 Å². The predicted molar refractivity (Wildman–Crippen MR) is 83.3 cm³/mol. The van der Waals surface area contributed by atoms with Crippen LogP contribution in [0, 0.1) is 0 Å². The molecular weight excluding hydrogens is 274 g/mol. The Balaban J connectivity index is 1.83. The van der Waals surface area contributed by atoms with Gasteiger partial charge >= 0.3 is 0 Å². The number of carbonyl (C=O) groups excluding carboxylic acids is 1. The normalized spacial score (nSPS) is 15.2. The molecule has 0 saturated carbocycles. The maximum Gasteiger partial charge on any atom is 0.236 e. The van der Waals surface area contributed by atoms with Crippen molar-refractivity contribution in [1.82, 2.24) is 10.2 Å². The molecule has 0 aromatic heterocycles. The molecule has 108 valence electrons. The number of carbonyl (C=O) groups is 1. The Hall–Kier alpha value is -1.52. The minimum atomic E-state index is 0.151. The van der Waals surface area contributed by atoms with Crippen molar-refractivity contribution in [2.45, 2.75) is 0 Å². The van der Waals surface area contributed by atoms with Gasteiger partial charge < -0.3 is 15.1 Å². The Morgan fingerprint density at radius 3 is 2.75 bits per heavy atom. The molecule has 0 unspecified atom stereocenters. The third-order valence-corrected chi connectivity index (χ3v) is 3.61. The van der Waals surface area contributed by atoms with E-state index < -0.39 is 0 Å². The lowest BCUT2D eigenvalue weighted by molar-refractivity contribution is -0.130. The van der Waals surface area contributed by atoms with Crippen molar-refractivity contribution in [3.8, 4) is 0 Å². The maximum atomic E-state index is 12.0. The van der Waals surface area contributed by atoms with Gasteiger partial charge in [-0.05, 0) is 18.2 Å². The highest BCUT2D eigenvalue weighted by molar-refractivity contribution is 6.30. The van der Waals surface area contributed by atoms with Crippen LogP contribution in [0.15, 0.2) is 36.9 Å². The summed E-state index contributed by atoms with van der Waals surface area (Å²) in [5.74, 6) is 0.151. The van der Waals surface area contributed by atoms with Crippen molar-refractivity contribution < 1.29 is 4.79 Å². The van der Waals surface area contributed by atoms with Crippen LogP contribution in [-0.4, -0.2) is 50.1 Å². The van der Waals surface area contributed by atoms with Gasteiger partial charge in [0.05, 0.1) is 6.54 Å². The van der Waals surface area contributed by atoms with Gasteiger partial charge in [0.1, 0.15) is 0 Å². The van der Waals surface area contributed by atoms with E-state index in [4.69, 9.17) is 11.6 Å². The van der Waals surface area contributed by atoms with Crippen LogP contribution in [0.25, 0.3) is 0 Å². The molecule has 0 atom stereocenters. The quantitative estimate of drug-likeness (QED) is 0.664. The van der Waals surface area contributed by atoms with Crippen molar-refractivity contribution in [3.63, 3.8) is 0 Å². The molecule has 1 aliphatic heterocycles. The average Bonchev–Trinajstić information content (AvgIpc) is 2.47. The van der Waals surface area contributed by atoms with E-state index in [1.807, 2.05) is 23.1 Å². The molecule has 1 fully saturated rings. The van der Waals surface area contributed by atoms with Crippen LogP contribution in [0.4, 0.5) is 5.69 Å². The molecule has 20 heavy (non-hydrogen) atoms. The van der Waals surface area contributed by atoms with E-state index in [9.17, 15) is 4.79 Å². The van der Waals surface area contributed by atoms with Gasteiger partial charge in [0.25, 0.3) is 0 Å². The number of nitrogens with one attached hydrogen (secondary N) is 1. The molecule has 0 bridgehead atoms. The van der Waals surface area contributed by atoms with Gasteiger partial charge in [0.2, 0.25) is 5.91 Å². The first-order valence-electron chi connectivity index (χ1n) is 6.80. The van der Waals surface area contributed by atoms with Gasteiger partial charge in [0.15, 0.2) is 0 Å². The molecule has 1 aliphatic rings. The van der Waals surface area contributed by atoms with Crippen molar-refractivity contribution in [1.29, 1.82) is 0 Å². The van der Waals surface area contributed by atoms with Gasteiger partial charge in [-0.1, -0.05) is 23.7 Å². The Morgan fingerprint density at radius 1 is 1.35 bits per heavy atom. The monoisotopic (exact) mass is 293 g/mol. The second kappa shape index (κ2) is 7.31. The standard InChI is InChI=1S/C15H20ClN3O/c1-2-6-17-12-15(20)19-9-7-18(8-10-19)14-5-3-4-13(16)11-14/h2-5,11,17H,1,6-10,12H2. The highest BCUT2D eigenvalue weighted by Gasteiger charge is 2.20. The molecule has 5 heteroatoms. The van der Waals surface area contributed by atoms with E-state index >= 15 is 0 Å². The molecule has 0 spiro atoms. The van der Waals surface area contributed by atoms with Crippen LogP contribution in [0.2, 0.25) is 5.02 Å². The van der Waals surface area contributed by atoms with Crippen molar-refractivity contribution in [2.75, 3.05) is 44.2 Å². The summed E-state index contributed by atoms with van der Waals surface area (Å²) < 4.78 is 0. The number of piperazine rings is 1. The lowest BCUT2D eigenvalue weighted by atomic mass is 10.2. The molecule has 1 amide bonds. The summed E-state index contributed by atoms with van der Waals surface area (Å²) >= 11 is 6.01. The number of hydrogen-bond donors (Lipinski definition) is 1. The second-order valence-electron chi connectivity index (χ2n) is 4.77. The third-order valence-electron chi connectivity index (χ3n) is 3.37. The summed E-state index contributed by atoms with van der Waals surface area (Å²) in [5.41, 5.74) is 1.12. The fourth-order valence-corrected chi connectivity index (χ4v) is 2.46. The van der Waals surface area contributed by atoms with E-state index in [1.165, 1.54) is 0 Å². The average molecular weight is 294 g/mol. The minimum absolute atomic E-state index is 0.151. The number of anilines is 1. The van der Waals surface area contributed by atoms with Crippen LogP contribution >= 0.6 is 11.6 Å². The summed E-state index contributed by atoms with van der Waals surface area (Å²) in [6.07, 6.45) is 1.75. The Morgan fingerprint density at radius 2 is 2.10 bits per heavy atom. The lowest BCUT2D eigenvalue weighted by Gasteiger charge is -2.36. The zero-order valence-corrected chi connectivity index (χ0v) is 12.3. The fourth-order valence-electron chi connectivity index (χ4n) is 2.28. The van der Waals surface area contributed by atoms with Gasteiger partial charge in [-0.25, -0.2) is 0 Å². The van der Waals surface area contributed by atoms with E-state index in [-0.39, 0.29) is 5.91 Å². The number of amides is 1. The zero-order valence-electron chi connectivity index (χ0n) is 11.5. The SMILES string of the molecule is C=CCNCC(=O)N1CCN(c2cccc(Cl)c2)CC1. The number of rotatable bonds is 5. The molecule has 4 nitrogen and oxygen atoms in total. The molecule has 0 aliphatic carbocycles. The molecule has 1 aromatic rings. The molecule has 1 saturated heterocycles. The summed E-state index contributed by atoms with van der Waals surface area (Å²) in [7, 11) is 0. The molecule has 2 rings (SSSR count). The maximum absolute atomic E-state index is 12.0. The largest absolute Gasteiger partial charge is 0.368 e. The molecule has 1 aromatic carbocycles. The van der Waals surface area contributed by atoms with Crippen LogP contribution in [0.1, 0.15) is 0 Å². The van der Waals surface area contributed by atoms with E-state index in [2.05, 4.69) is 22.9 Å². The number of nitrogens with zero attached hydrogens (tertiary/aromatic N) is 2. The number of hydrogen-bond acceptors (Lipinski definition) is 3. The van der Waals surface area contributed by atoms with Gasteiger partial charge in [-0.2, -0.15) is 0 Å². The smallest absolute Gasteiger partial charge is 0.236 e. The molecular formula is C15H20ClN3O. The number of halogens is 1. The van der Waals surface area contributed by atoms with Crippen LogP contribution in [0.5, 0.6) is 0 Å². The second-order valence-corrected chi connectivity index (χ2v) is 5.20. The minimum Gasteiger partial charge on any atom is -0.368 e. The molecule has 1 heterocycles. The Bertz CT molecular complexity index is 470. The van der Waals surface area contributed by atoms with Crippen LogP contribution < -0.4 is 10.2 Å². The van der Waals surface area contributed by atoms with Crippen LogP contribution in [0.3, 0.4) is 0 Å². The molecule has 1 N–H and O–H groups in total. The summed E-state index contributed by atoms with van der Waals surface area (Å²) in [6, 6.07) is 7.84. The third kappa shape index (κ3) is 3.99. The summed E-state index contributed by atoms with van der Waals surface area (Å²) in [4.78, 5) is 16.1. The van der Waals surface area contributed by atoms with E-state index in [0.29, 0.717) is 13.1 Å². The first kappa shape index (κ1) is 14.9. The van der Waals surface area contributed by atoms with Crippen molar-refractivity contribution in [3.05, 3.63) is 41.9 Å². The first-order chi connectivity index (χ1) is 9.70. The number of benzene rings is 1. The van der Waals surface area contributed by atoms with Crippen molar-refractivity contribution >= 4 is 23.2 Å². The van der Waals surface area contributed by atoms with E-state index in [1.54, 1.807) is 6.08 Å². The lowest BCUT2D eigenvalue weighted by Crippen LogP contribution is -2.50. The topological polar surface area (TPSA) is 35.6 Å². The van der Waals surface area contributed by atoms with Gasteiger partial charge in [-0.15, -0.1) is 6.58 Å². The van der Waals surface area contributed by atoms with E-state index in [0.717, 1.165) is 36.9 Å². The van der Waals surface area contributed by atoms with Gasteiger partial charge in [-0.3, -0.25) is 4.79 Å². The highest BCUT2D eigenvalue weighted by Crippen LogP contribution is 2.20. The summed E-state index contributed by atoms with van der Waals surface area (Å²) in [6.45, 7) is 7.84. The van der Waals surface area contributed by atoms with Gasteiger partial charge in [0, 0.05) is 43.4 Å². The Kier molecular flexibility index (Phi) is 5.44. The summed E-state index contributed by atoms with van der Waals surface area (Å²) in [5, 5.41) is 3.79. The van der Waals surface area contributed by atoms with Crippen LogP contribution in [-0.2, 0) is 4.79 Å². The highest BCUT2D eigenvalue weighted by atomic mass is 35.5.